The van der Waals surface area contributed by atoms with Crippen molar-refractivity contribution in [3.05, 3.63) is 229 Å². The van der Waals surface area contributed by atoms with Crippen LogP contribution in [0.25, 0.3) is 77.5 Å². The van der Waals surface area contributed by atoms with Crippen LogP contribution in [0.3, 0.4) is 0 Å². The summed E-state index contributed by atoms with van der Waals surface area (Å²) in [5, 5.41) is 2.57. The van der Waals surface area contributed by atoms with E-state index < -0.39 is 5.41 Å². The number of hydrogen-bond donors (Lipinski definition) is 0. The first-order valence-corrected chi connectivity index (χ1v) is 18.5. The van der Waals surface area contributed by atoms with Crippen LogP contribution < -0.4 is 0 Å². The van der Waals surface area contributed by atoms with Crippen molar-refractivity contribution in [3.63, 3.8) is 0 Å². The summed E-state index contributed by atoms with van der Waals surface area (Å²) >= 11 is 0. The van der Waals surface area contributed by atoms with Crippen molar-refractivity contribution in [2.45, 2.75) is 5.41 Å². The van der Waals surface area contributed by atoms with Crippen molar-refractivity contribution in [2.75, 3.05) is 0 Å². The quantitative estimate of drug-likeness (QED) is 0.175. The predicted molar refractivity (Wildman–Crippen MR) is 222 cm³/mol. The summed E-state index contributed by atoms with van der Waals surface area (Å²) in [5.74, 6) is 0. The van der Waals surface area contributed by atoms with E-state index in [9.17, 15) is 0 Å². The third-order valence-corrected chi connectivity index (χ3v) is 11.7. The highest BCUT2D eigenvalue weighted by Gasteiger charge is 2.52. The molecule has 0 heterocycles. The zero-order valence-electron chi connectivity index (χ0n) is 29.1. The maximum Gasteiger partial charge on any atom is 0.0731 e. The molecule has 2 aliphatic rings. The SMILES string of the molecule is c1ccc(-c2ccc(-c3ccc4c(c3)C3(c5ccccc5-c5ccccc53)c3c-4ccc4cc(-c5ccc(-c6ccccc6)cc5)ccc34)cc2)cc1. The molecule has 9 aromatic carbocycles. The van der Waals surface area contributed by atoms with Crippen molar-refractivity contribution >= 4 is 10.8 Å². The van der Waals surface area contributed by atoms with Gasteiger partial charge in [0.2, 0.25) is 0 Å². The van der Waals surface area contributed by atoms with E-state index in [0.717, 1.165) is 0 Å². The van der Waals surface area contributed by atoms with Crippen LogP contribution in [0.2, 0.25) is 0 Å². The molecule has 53 heavy (non-hydrogen) atoms. The van der Waals surface area contributed by atoms with E-state index in [1.807, 2.05) is 0 Å². The monoisotopic (exact) mass is 670 g/mol. The van der Waals surface area contributed by atoms with Gasteiger partial charge in [-0.25, -0.2) is 0 Å². The van der Waals surface area contributed by atoms with E-state index in [4.69, 9.17) is 0 Å². The second kappa shape index (κ2) is 11.6. The van der Waals surface area contributed by atoms with Crippen molar-refractivity contribution in [1.82, 2.24) is 0 Å². The van der Waals surface area contributed by atoms with Crippen LogP contribution in [0, 0.1) is 0 Å². The molecule has 0 atom stereocenters. The molecule has 0 nitrogen and oxygen atoms in total. The van der Waals surface area contributed by atoms with E-state index >= 15 is 0 Å². The van der Waals surface area contributed by atoms with Gasteiger partial charge in [-0.1, -0.05) is 194 Å². The fraction of sp³-hybridized carbons (Fsp3) is 0.0189. The Labute approximate surface area is 310 Å². The van der Waals surface area contributed by atoms with Gasteiger partial charge < -0.3 is 0 Å². The summed E-state index contributed by atoms with van der Waals surface area (Å²) in [4.78, 5) is 0. The molecule has 0 heteroatoms. The molecule has 0 unspecified atom stereocenters. The molecular formula is C53H34. The Bertz CT molecular complexity index is 2800. The lowest BCUT2D eigenvalue weighted by atomic mass is 9.69. The second-order valence-electron chi connectivity index (χ2n) is 14.4. The Morgan fingerprint density at radius 3 is 1.21 bits per heavy atom. The molecule has 246 valence electrons. The molecule has 0 N–H and O–H groups in total. The summed E-state index contributed by atoms with van der Waals surface area (Å²) in [5.41, 5.74) is 20.2. The van der Waals surface area contributed by atoms with Crippen molar-refractivity contribution < 1.29 is 0 Å². The molecular weight excluding hydrogens is 637 g/mol. The van der Waals surface area contributed by atoms with Crippen LogP contribution >= 0.6 is 0 Å². The fourth-order valence-corrected chi connectivity index (χ4v) is 9.31. The van der Waals surface area contributed by atoms with Crippen molar-refractivity contribution in [1.29, 1.82) is 0 Å². The third-order valence-electron chi connectivity index (χ3n) is 11.7. The maximum absolute atomic E-state index is 2.49. The van der Waals surface area contributed by atoms with Gasteiger partial charge in [0.05, 0.1) is 5.41 Å². The van der Waals surface area contributed by atoms with Gasteiger partial charge in [-0.2, -0.15) is 0 Å². The summed E-state index contributed by atoms with van der Waals surface area (Å²) in [6.07, 6.45) is 0. The molecule has 2 aliphatic carbocycles. The number of rotatable bonds is 4. The van der Waals surface area contributed by atoms with E-state index in [1.54, 1.807) is 0 Å². The van der Waals surface area contributed by atoms with E-state index in [-0.39, 0.29) is 0 Å². The summed E-state index contributed by atoms with van der Waals surface area (Å²) < 4.78 is 0. The molecule has 11 rings (SSSR count). The molecule has 0 aliphatic heterocycles. The second-order valence-corrected chi connectivity index (χ2v) is 14.4. The number of benzene rings is 9. The van der Waals surface area contributed by atoms with Crippen LogP contribution in [-0.2, 0) is 5.41 Å². The van der Waals surface area contributed by atoms with E-state index in [0.29, 0.717) is 0 Å². The highest BCUT2D eigenvalue weighted by molar-refractivity contribution is 6.05. The molecule has 0 aromatic heterocycles. The molecule has 0 amide bonds. The Morgan fingerprint density at radius 1 is 0.245 bits per heavy atom. The lowest BCUT2D eigenvalue weighted by molar-refractivity contribution is 0.801. The lowest BCUT2D eigenvalue weighted by Crippen LogP contribution is -2.26. The van der Waals surface area contributed by atoms with Crippen molar-refractivity contribution in [3.8, 4) is 66.8 Å². The minimum absolute atomic E-state index is 0.434. The molecule has 0 radical (unpaired) electrons. The Hall–Kier alpha value is -6.76. The zero-order valence-corrected chi connectivity index (χ0v) is 29.1. The van der Waals surface area contributed by atoms with Gasteiger partial charge in [0, 0.05) is 0 Å². The number of hydrogen-bond acceptors (Lipinski definition) is 0. The average Bonchev–Trinajstić information content (AvgIpc) is 3.71. The first-order chi connectivity index (χ1) is 26.3. The standard InChI is InChI=1S/C53H34/c1-3-11-35(12-4-1)37-19-23-39(24-20-37)41-27-30-44-43(33-41)29-32-48-47-31-28-42(40-25-21-38(22-26-40)36-13-5-2-6-14-36)34-51(47)53(52(44)48)49-17-9-7-15-45(49)46-16-8-10-18-50(46)53/h1-34H. The average molecular weight is 671 g/mol. The fourth-order valence-electron chi connectivity index (χ4n) is 9.31. The predicted octanol–water partition coefficient (Wildman–Crippen LogP) is 13.9. The van der Waals surface area contributed by atoms with E-state index in [2.05, 4.69) is 206 Å². The highest BCUT2D eigenvalue weighted by atomic mass is 14.5. The van der Waals surface area contributed by atoms with Gasteiger partial charge in [-0.05, 0) is 112 Å². The first kappa shape index (κ1) is 29.9. The Kier molecular flexibility index (Phi) is 6.57. The molecule has 0 fully saturated rings. The maximum atomic E-state index is 2.49. The van der Waals surface area contributed by atoms with Crippen LogP contribution in [0.1, 0.15) is 22.3 Å². The summed E-state index contributed by atoms with van der Waals surface area (Å²) in [6.45, 7) is 0. The van der Waals surface area contributed by atoms with Gasteiger partial charge in [0.15, 0.2) is 0 Å². The van der Waals surface area contributed by atoms with Crippen LogP contribution in [0.4, 0.5) is 0 Å². The minimum atomic E-state index is -0.434. The molecule has 0 saturated heterocycles. The molecule has 9 aromatic rings. The van der Waals surface area contributed by atoms with Gasteiger partial charge in [-0.15, -0.1) is 0 Å². The van der Waals surface area contributed by atoms with Gasteiger partial charge >= 0.3 is 0 Å². The molecule has 1 spiro atoms. The normalized spacial score (nSPS) is 13.1. The largest absolute Gasteiger partial charge is 0.0731 e. The summed E-state index contributed by atoms with van der Waals surface area (Å²) in [6, 6.07) is 76.5. The molecule has 0 saturated carbocycles. The van der Waals surface area contributed by atoms with Gasteiger partial charge in [-0.3, -0.25) is 0 Å². The number of fused-ring (bicyclic) bond motifs is 12. The zero-order chi connectivity index (χ0) is 34.9. The first-order valence-electron chi connectivity index (χ1n) is 18.5. The highest BCUT2D eigenvalue weighted by Crippen LogP contribution is 2.64. The smallest absolute Gasteiger partial charge is 0.0622 e. The Balaban J connectivity index is 1.10. The summed E-state index contributed by atoms with van der Waals surface area (Å²) in [7, 11) is 0. The topological polar surface area (TPSA) is 0 Å². The van der Waals surface area contributed by atoms with Gasteiger partial charge in [0.25, 0.3) is 0 Å². The Morgan fingerprint density at radius 2 is 0.642 bits per heavy atom. The van der Waals surface area contributed by atoms with Crippen LogP contribution in [0.5, 0.6) is 0 Å². The van der Waals surface area contributed by atoms with Gasteiger partial charge in [0.1, 0.15) is 0 Å². The van der Waals surface area contributed by atoms with Crippen LogP contribution in [-0.4, -0.2) is 0 Å². The van der Waals surface area contributed by atoms with Crippen molar-refractivity contribution in [2.24, 2.45) is 0 Å². The molecule has 0 bridgehead atoms. The third kappa shape index (κ3) is 4.43. The van der Waals surface area contributed by atoms with Crippen LogP contribution in [0.15, 0.2) is 206 Å². The minimum Gasteiger partial charge on any atom is -0.0622 e. The lowest BCUT2D eigenvalue weighted by Gasteiger charge is -2.31. The van der Waals surface area contributed by atoms with E-state index in [1.165, 1.54) is 99.8 Å².